The predicted octanol–water partition coefficient (Wildman–Crippen LogP) is 2.01. The molecule has 0 aromatic carbocycles. The van der Waals surface area contributed by atoms with Crippen LogP contribution in [0.15, 0.2) is 0 Å². The van der Waals surface area contributed by atoms with E-state index in [9.17, 15) is 9.90 Å². The van der Waals surface area contributed by atoms with Crippen molar-refractivity contribution in [2.75, 3.05) is 6.61 Å². The minimum Gasteiger partial charge on any atom is -0.396 e. The topological polar surface area (TPSA) is 95.6 Å². The first kappa shape index (κ1) is 19.4. The number of carbonyl (C=O) groups excluding carboxylic acids is 1. The molecule has 0 saturated heterocycles. The Hall–Kier alpha value is -0.650. The van der Waals surface area contributed by atoms with Crippen molar-refractivity contribution in [2.24, 2.45) is 5.84 Å². The van der Waals surface area contributed by atoms with Gasteiger partial charge in [0.15, 0.2) is 0 Å². The molecule has 0 aromatic rings. The molecule has 1 amide bonds. The molecule has 0 spiro atoms. The van der Waals surface area contributed by atoms with Gasteiger partial charge in [-0.05, 0) is 12.8 Å². The summed E-state index contributed by atoms with van der Waals surface area (Å²) in [4.78, 5) is 10.9. The van der Waals surface area contributed by atoms with Crippen molar-refractivity contribution in [1.82, 2.24) is 5.43 Å². The van der Waals surface area contributed by atoms with E-state index in [4.69, 9.17) is 10.9 Å². The summed E-state index contributed by atoms with van der Waals surface area (Å²) < 4.78 is 0. The molecule has 0 bridgehead atoms. The SMILES string of the molecule is NNC(=O)[C@@H](O)CCCCCCCCCCCCCO. The third kappa shape index (κ3) is 12.4. The molecule has 0 unspecified atom stereocenters. The number of rotatable bonds is 14. The molecular weight excluding hydrogens is 256 g/mol. The summed E-state index contributed by atoms with van der Waals surface area (Å²) >= 11 is 0. The van der Waals surface area contributed by atoms with Gasteiger partial charge in [-0.3, -0.25) is 10.2 Å². The number of nitrogens with one attached hydrogen (secondary N) is 1. The normalized spacial score (nSPS) is 12.3. The van der Waals surface area contributed by atoms with E-state index in [2.05, 4.69) is 0 Å². The van der Waals surface area contributed by atoms with E-state index in [-0.39, 0.29) is 0 Å². The van der Waals surface area contributed by atoms with Gasteiger partial charge < -0.3 is 10.2 Å². The molecule has 1 atom stereocenters. The van der Waals surface area contributed by atoms with Gasteiger partial charge in [0, 0.05) is 6.61 Å². The lowest BCUT2D eigenvalue weighted by molar-refractivity contribution is -0.129. The standard InChI is InChI=1S/C15H32N2O3/c16-17-15(20)14(19)12-10-8-6-4-2-1-3-5-7-9-11-13-18/h14,18-19H,1-13,16H2,(H,17,20)/t14-/m0/s1. The third-order valence-corrected chi connectivity index (χ3v) is 3.58. The maximum Gasteiger partial charge on any atom is 0.262 e. The zero-order valence-corrected chi connectivity index (χ0v) is 12.6. The van der Waals surface area contributed by atoms with Crippen molar-refractivity contribution in [3.8, 4) is 0 Å². The highest BCUT2D eigenvalue weighted by molar-refractivity contribution is 5.79. The molecule has 0 heterocycles. The third-order valence-electron chi connectivity index (χ3n) is 3.58. The first-order valence-corrected chi connectivity index (χ1v) is 8.01. The fourth-order valence-corrected chi connectivity index (χ4v) is 2.27. The monoisotopic (exact) mass is 288 g/mol. The van der Waals surface area contributed by atoms with Crippen molar-refractivity contribution in [3.05, 3.63) is 0 Å². The Morgan fingerprint density at radius 1 is 0.850 bits per heavy atom. The molecule has 0 fully saturated rings. The van der Waals surface area contributed by atoms with Crippen molar-refractivity contribution in [3.63, 3.8) is 0 Å². The summed E-state index contributed by atoms with van der Waals surface area (Å²) in [7, 11) is 0. The molecule has 20 heavy (non-hydrogen) atoms. The quantitative estimate of drug-likeness (QED) is 0.170. The smallest absolute Gasteiger partial charge is 0.262 e. The van der Waals surface area contributed by atoms with E-state index in [0.29, 0.717) is 13.0 Å². The molecular formula is C15H32N2O3. The van der Waals surface area contributed by atoms with E-state index < -0.39 is 12.0 Å². The lowest BCUT2D eigenvalue weighted by atomic mass is 10.0. The summed E-state index contributed by atoms with van der Waals surface area (Å²) in [6, 6.07) is 0. The number of aliphatic hydroxyl groups is 2. The van der Waals surface area contributed by atoms with Crippen LogP contribution in [0.1, 0.15) is 77.0 Å². The first-order valence-electron chi connectivity index (χ1n) is 8.01. The Labute approximate surface area is 122 Å². The van der Waals surface area contributed by atoms with Gasteiger partial charge >= 0.3 is 0 Å². The highest BCUT2D eigenvalue weighted by Gasteiger charge is 2.11. The van der Waals surface area contributed by atoms with E-state index in [1.54, 1.807) is 0 Å². The molecule has 5 heteroatoms. The number of hydrogen-bond acceptors (Lipinski definition) is 4. The Morgan fingerprint density at radius 3 is 1.65 bits per heavy atom. The number of nitrogens with two attached hydrogens (primary N) is 1. The van der Waals surface area contributed by atoms with E-state index in [1.807, 2.05) is 5.43 Å². The summed E-state index contributed by atoms with van der Waals surface area (Å²) in [6.07, 6.45) is 12.3. The second kappa shape index (κ2) is 14.8. The van der Waals surface area contributed by atoms with Gasteiger partial charge in [0.2, 0.25) is 0 Å². The molecule has 0 aliphatic heterocycles. The van der Waals surface area contributed by atoms with Gasteiger partial charge in [0.05, 0.1) is 0 Å². The summed E-state index contributed by atoms with van der Waals surface area (Å²) in [5.41, 5.74) is 1.96. The van der Waals surface area contributed by atoms with Crippen LogP contribution < -0.4 is 11.3 Å². The van der Waals surface area contributed by atoms with Crippen molar-refractivity contribution >= 4 is 5.91 Å². The van der Waals surface area contributed by atoms with Gasteiger partial charge in [0.25, 0.3) is 5.91 Å². The van der Waals surface area contributed by atoms with Crippen LogP contribution in [0.25, 0.3) is 0 Å². The number of aliphatic hydroxyl groups excluding tert-OH is 2. The average Bonchev–Trinajstić information content (AvgIpc) is 2.47. The number of hydrogen-bond donors (Lipinski definition) is 4. The minimum absolute atomic E-state index is 0.321. The Balaban J connectivity index is 3.11. The van der Waals surface area contributed by atoms with Crippen LogP contribution in [-0.2, 0) is 4.79 Å². The van der Waals surface area contributed by atoms with Crippen molar-refractivity contribution in [2.45, 2.75) is 83.2 Å². The van der Waals surface area contributed by atoms with Crippen LogP contribution in [0.5, 0.6) is 0 Å². The van der Waals surface area contributed by atoms with Gasteiger partial charge in [-0.1, -0.05) is 64.2 Å². The molecule has 5 nitrogen and oxygen atoms in total. The minimum atomic E-state index is -0.959. The van der Waals surface area contributed by atoms with Gasteiger partial charge in [-0.2, -0.15) is 0 Å². The largest absolute Gasteiger partial charge is 0.396 e. The van der Waals surface area contributed by atoms with Crippen LogP contribution in [-0.4, -0.2) is 28.8 Å². The summed E-state index contributed by atoms with van der Waals surface area (Å²) in [5.74, 6) is 4.44. The van der Waals surface area contributed by atoms with E-state index >= 15 is 0 Å². The molecule has 0 aliphatic carbocycles. The maximum atomic E-state index is 10.9. The van der Waals surface area contributed by atoms with Crippen molar-refractivity contribution in [1.29, 1.82) is 0 Å². The number of carbonyl (C=O) groups is 1. The van der Waals surface area contributed by atoms with Crippen LogP contribution >= 0.6 is 0 Å². The van der Waals surface area contributed by atoms with Gasteiger partial charge in [0.1, 0.15) is 6.10 Å². The highest BCUT2D eigenvalue weighted by atomic mass is 16.3. The first-order chi connectivity index (χ1) is 9.72. The zero-order valence-electron chi connectivity index (χ0n) is 12.6. The van der Waals surface area contributed by atoms with Crippen LogP contribution in [0.2, 0.25) is 0 Å². The molecule has 0 radical (unpaired) electrons. The lowest BCUT2D eigenvalue weighted by Crippen LogP contribution is -2.38. The Morgan fingerprint density at radius 2 is 1.25 bits per heavy atom. The van der Waals surface area contributed by atoms with Crippen LogP contribution in [0.4, 0.5) is 0 Å². The lowest BCUT2D eigenvalue weighted by Gasteiger charge is -2.08. The van der Waals surface area contributed by atoms with Crippen LogP contribution in [0.3, 0.4) is 0 Å². The Bertz CT molecular complexity index is 225. The molecule has 0 rings (SSSR count). The number of amides is 1. The van der Waals surface area contributed by atoms with Crippen molar-refractivity contribution < 1.29 is 15.0 Å². The van der Waals surface area contributed by atoms with Gasteiger partial charge in [-0.25, -0.2) is 5.84 Å². The van der Waals surface area contributed by atoms with E-state index in [0.717, 1.165) is 25.7 Å². The average molecular weight is 288 g/mol. The maximum absolute atomic E-state index is 10.9. The molecule has 0 saturated carbocycles. The second-order valence-electron chi connectivity index (χ2n) is 5.43. The summed E-state index contributed by atoms with van der Waals surface area (Å²) in [5, 5.41) is 18.0. The van der Waals surface area contributed by atoms with E-state index in [1.165, 1.54) is 44.9 Å². The molecule has 0 aromatic heterocycles. The number of hydrazine groups is 1. The van der Waals surface area contributed by atoms with Gasteiger partial charge in [-0.15, -0.1) is 0 Å². The second-order valence-corrected chi connectivity index (χ2v) is 5.43. The molecule has 120 valence electrons. The fourth-order valence-electron chi connectivity index (χ4n) is 2.27. The number of unbranched alkanes of at least 4 members (excludes halogenated alkanes) is 10. The highest BCUT2D eigenvalue weighted by Crippen LogP contribution is 2.12. The van der Waals surface area contributed by atoms with Crippen LogP contribution in [0, 0.1) is 0 Å². The fraction of sp³-hybridized carbons (Fsp3) is 0.933. The Kier molecular flexibility index (Phi) is 14.3. The molecule has 0 aliphatic rings. The molecule has 5 N–H and O–H groups in total. The zero-order chi connectivity index (χ0) is 15.1. The predicted molar refractivity (Wildman–Crippen MR) is 80.8 cm³/mol. The summed E-state index contributed by atoms with van der Waals surface area (Å²) in [6.45, 7) is 0.321.